The second-order valence-electron chi connectivity index (χ2n) is 5.30. The minimum Gasteiger partial charge on any atom is -0.379 e. The molecule has 0 aromatic heterocycles. The van der Waals surface area contributed by atoms with E-state index in [0.717, 1.165) is 25.7 Å². The topological polar surface area (TPSA) is 98.7 Å². The van der Waals surface area contributed by atoms with Gasteiger partial charge in [-0.05, 0) is 19.3 Å². The van der Waals surface area contributed by atoms with Crippen LogP contribution in [0.3, 0.4) is 0 Å². The third-order valence-electron chi connectivity index (χ3n) is 3.83. The van der Waals surface area contributed by atoms with Crippen molar-refractivity contribution in [2.45, 2.75) is 43.7 Å². The van der Waals surface area contributed by atoms with E-state index >= 15 is 0 Å². The number of primary amides is 1. The molecule has 1 heterocycles. The first-order valence-corrected chi connectivity index (χ1v) is 6.49. The molecule has 4 N–H and O–H groups in total. The summed E-state index contributed by atoms with van der Waals surface area (Å²) in [5.41, 5.74) is 10.3. The van der Waals surface area contributed by atoms with Crippen LogP contribution in [0.4, 0.5) is 0 Å². The van der Waals surface area contributed by atoms with Crippen molar-refractivity contribution in [3.63, 3.8) is 0 Å². The number of carbonyl (C=O) groups is 2. The van der Waals surface area contributed by atoms with E-state index in [-0.39, 0.29) is 25.1 Å². The van der Waals surface area contributed by atoms with E-state index in [1.807, 2.05) is 0 Å². The third-order valence-corrected chi connectivity index (χ3v) is 3.83. The standard InChI is InChI=1S/C12H21N3O3/c13-10(16)7-15(9-3-1-2-4-9)11(17)12(14)5-6-18-8-12/h9H,1-8,14H2,(H2,13,16). The molecule has 2 fully saturated rings. The van der Waals surface area contributed by atoms with Crippen molar-refractivity contribution in [1.82, 2.24) is 4.90 Å². The van der Waals surface area contributed by atoms with Gasteiger partial charge in [0.1, 0.15) is 5.54 Å². The van der Waals surface area contributed by atoms with Crippen LogP contribution in [-0.4, -0.2) is 48.1 Å². The first-order valence-electron chi connectivity index (χ1n) is 6.49. The lowest BCUT2D eigenvalue weighted by atomic mass is 9.97. The second kappa shape index (κ2) is 5.24. The molecule has 0 aromatic carbocycles. The summed E-state index contributed by atoms with van der Waals surface area (Å²) in [6, 6.07) is 0.103. The molecule has 1 saturated carbocycles. The molecule has 1 unspecified atom stereocenters. The summed E-state index contributed by atoms with van der Waals surface area (Å²) in [6.45, 7) is 0.688. The van der Waals surface area contributed by atoms with Gasteiger partial charge in [0, 0.05) is 12.6 Å². The van der Waals surface area contributed by atoms with Gasteiger partial charge in [-0.25, -0.2) is 0 Å². The number of nitrogens with two attached hydrogens (primary N) is 2. The molecule has 1 saturated heterocycles. The highest BCUT2D eigenvalue weighted by Crippen LogP contribution is 2.27. The minimum atomic E-state index is -0.974. The van der Waals surface area contributed by atoms with E-state index in [0.29, 0.717) is 13.0 Å². The van der Waals surface area contributed by atoms with Gasteiger partial charge in [-0.15, -0.1) is 0 Å². The number of rotatable bonds is 4. The van der Waals surface area contributed by atoms with Crippen molar-refractivity contribution in [1.29, 1.82) is 0 Å². The van der Waals surface area contributed by atoms with Crippen LogP contribution in [0.25, 0.3) is 0 Å². The Bertz CT molecular complexity index is 333. The fraction of sp³-hybridized carbons (Fsp3) is 0.833. The number of ether oxygens (including phenoxy) is 1. The summed E-state index contributed by atoms with van der Waals surface area (Å²) < 4.78 is 5.21. The lowest BCUT2D eigenvalue weighted by Gasteiger charge is -2.34. The highest BCUT2D eigenvalue weighted by Gasteiger charge is 2.43. The Balaban J connectivity index is 2.11. The maximum atomic E-state index is 12.5. The van der Waals surface area contributed by atoms with E-state index in [9.17, 15) is 9.59 Å². The first-order chi connectivity index (χ1) is 8.53. The van der Waals surface area contributed by atoms with E-state index in [1.165, 1.54) is 0 Å². The molecule has 6 nitrogen and oxygen atoms in total. The van der Waals surface area contributed by atoms with Gasteiger partial charge in [-0.3, -0.25) is 9.59 Å². The fourth-order valence-electron chi connectivity index (χ4n) is 2.79. The Morgan fingerprint density at radius 2 is 2.00 bits per heavy atom. The highest BCUT2D eigenvalue weighted by atomic mass is 16.5. The van der Waals surface area contributed by atoms with E-state index in [1.54, 1.807) is 4.90 Å². The van der Waals surface area contributed by atoms with E-state index in [4.69, 9.17) is 16.2 Å². The quantitative estimate of drug-likeness (QED) is 0.698. The zero-order chi connectivity index (χ0) is 13.2. The predicted octanol–water partition coefficient (Wildman–Crippen LogP) is -0.639. The van der Waals surface area contributed by atoms with Crippen molar-refractivity contribution in [2.75, 3.05) is 19.8 Å². The van der Waals surface area contributed by atoms with Gasteiger partial charge < -0.3 is 21.1 Å². The van der Waals surface area contributed by atoms with Crippen LogP contribution in [0.15, 0.2) is 0 Å². The summed E-state index contributed by atoms with van der Waals surface area (Å²) in [5.74, 6) is -0.677. The van der Waals surface area contributed by atoms with Gasteiger partial charge in [0.05, 0.1) is 13.2 Å². The molecule has 0 spiro atoms. The Kier molecular flexibility index (Phi) is 3.87. The van der Waals surface area contributed by atoms with Crippen LogP contribution in [-0.2, 0) is 14.3 Å². The SMILES string of the molecule is NC(=O)CN(C(=O)C1(N)CCOC1)C1CCCC1. The Morgan fingerprint density at radius 1 is 1.33 bits per heavy atom. The minimum absolute atomic E-state index is 0.0392. The summed E-state index contributed by atoms with van der Waals surface area (Å²) in [5, 5.41) is 0. The summed E-state index contributed by atoms with van der Waals surface area (Å²) in [4.78, 5) is 25.2. The molecule has 2 rings (SSSR count). The van der Waals surface area contributed by atoms with Gasteiger partial charge in [0.25, 0.3) is 0 Å². The number of hydrogen-bond acceptors (Lipinski definition) is 4. The molecular formula is C12H21N3O3. The van der Waals surface area contributed by atoms with Crippen LogP contribution < -0.4 is 11.5 Å². The van der Waals surface area contributed by atoms with Gasteiger partial charge in [-0.1, -0.05) is 12.8 Å². The van der Waals surface area contributed by atoms with Crippen LogP contribution in [0.2, 0.25) is 0 Å². The van der Waals surface area contributed by atoms with Crippen LogP contribution in [0.1, 0.15) is 32.1 Å². The van der Waals surface area contributed by atoms with Crippen LogP contribution in [0.5, 0.6) is 0 Å². The van der Waals surface area contributed by atoms with Crippen molar-refractivity contribution in [3.05, 3.63) is 0 Å². The smallest absolute Gasteiger partial charge is 0.245 e. The Labute approximate surface area is 107 Å². The lowest BCUT2D eigenvalue weighted by Crippen LogP contribution is -2.59. The third kappa shape index (κ3) is 2.64. The van der Waals surface area contributed by atoms with Crippen LogP contribution in [0, 0.1) is 0 Å². The average Bonchev–Trinajstić information content (AvgIpc) is 2.96. The van der Waals surface area contributed by atoms with E-state index in [2.05, 4.69) is 0 Å². The normalized spacial score (nSPS) is 28.5. The highest BCUT2D eigenvalue weighted by molar-refractivity contribution is 5.90. The molecule has 1 atom stereocenters. The van der Waals surface area contributed by atoms with Crippen molar-refractivity contribution in [2.24, 2.45) is 11.5 Å². The Morgan fingerprint density at radius 3 is 2.50 bits per heavy atom. The first kappa shape index (κ1) is 13.3. The monoisotopic (exact) mass is 255 g/mol. The molecule has 102 valence electrons. The lowest BCUT2D eigenvalue weighted by molar-refractivity contribution is -0.142. The maximum Gasteiger partial charge on any atom is 0.245 e. The fourth-order valence-corrected chi connectivity index (χ4v) is 2.79. The second-order valence-corrected chi connectivity index (χ2v) is 5.30. The number of hydrogen-bond donors (Lipinski definition) is 2. The van der Waals surface area contributed by atoms with Crippen molar-refractivity contribution in [3.8, 4) is 0 Å². The number of nitrogens with zero attached hydrogens (tertiary/aromatic N) is 1. The van der Waals surface area contributed by atoms with Gasteiger partial charge in [0.15, 0.2) is 0 Å². The maximum absolute atomic E-state index is 12.5. The number of amides is 2. The molecule has 0 bridgehead atoms. The summed E-state index contributed by atoms with van der Waals surface area (Å²) >= 11 is 0. The molecule has 6 heteroatoms. The van der Waals surface area contributed by atoms with Crippen molar-refractivity contribution >= 4 is 11.8 Å². The van der Waals surface area contributed by atoms with Gasteiger partial charge >= 0.3 is 0 Å². The van der Waals surface area contributed by atoms with Gasteiger partial charge in [-0.2, -0.15) is 0 Å². The predicted molar refractivity (Wildman–Crippen MR) is 65.5 cm³/mol. The zero-order valence-electron chi connectivity index (χ0n) is 10.6. The molecule has 2 aliphatic rings. The van der Waals surface area contributed by atoms with E-state index < -0.39 is 11.4 Å². The summed E-state index contributed by atoms with van der Waals surface area (Å²) in [7, 11) is 0. The molecule has 2 amide bonds. The zero-order valence-corrected chi connectivity index (χ0v) is 10.6. The largest absolute Gasteiger partial charge is 0.379 e. The number of carbonyl (C=O) groups excluding carboxylic acids is 2. The Hall–Kier alpha value is -1.14. The van der Waals surface area contributed by atoms with Gasteiger partial charge in [0.2, 0.25) is 11.8 Å². The van der Waals surface area contributed by atoms with Crippen LogP contribution >= 0.6 is 0 Å². The van der Waals surface area contributed by atoms with Crippen molar-refractivity contribution < 1.29 is 14.3 Å². The molecular weight excluding hydrogens is 234 g/mol. The molecule has 1 aliphatic carbocycles. The molecule has 1 aliphatic heterocycles. The average molecular weight is 255 g/mol. The molecule has 0 aromatic rings. The summed E-state index contributed by atoms with van der Waals surface area (Å²) in [6.07, 6.45) is 4.53. The molecule has 0 radical (unpaired) electrons. The molecule has 18 heavy (non-hydrogen) atoms.